The normalized spacial score (nSPS) is 31.0. The lowest BCUT2D eigenvalue weighted by Crippen LogP contribution is -2.28. The second-order valence-corrected chi connectivity index (χ2v) is 6.18. The van der Waals surface area contributed by atoms with E-state index in [9.17, 15) is 4.79 Å². The lowest BCUT2D eigenvalue weighted by molar-refractivity contribution is -0.150. The maximum absolute atomic E-state index is 11.9. The Morgan fingerprint density at radius 2 is 1.62 bits per heavy atom. The lowest BCUT2D eigenvalue weighted by atomic mass is 9.84. The summed E-state index contributed by atoms with van der Waals surface area (Å²) in [6.07, 6.45) is 2.49. The molecule has 2 aromatic rings. The van der Waals surface area contributed by atoms with Crippen LogP contribution in [0.1, 0.15) is 36.3 Å². The second-order valence-electron chi connectivity index (χ2n) is 6.18. The van der Waals surface area contributed by atoms with Crippen LogP contribution in [-0.4, -0.2) is 5.97 Å². The van der Waals surface area contributed by atoms with Gasteiger partial charge < -0.3 is 4.74 Å². The molecule has 2 aromatic carbocycles. The van der Waals surface area contributed by atoms with E-state index in [1.54, 1.807) is 0 Å². The third kappa shape index (κ3) is 1.98. The van der Waals surface area contributed by atoms with Gasteiger partial charge in [0.25, 0.3) is 0 Å². The molecule has 3 atom stereocenters. The summed E-state index contributed by atoms with van der Waals surface area (Å²) in [4.78, 5) is 11.9. The molecule has 0 aromatic heterocycles. The van der Waals surface area contributed by atoms with Gasteiger partial charge in [-0.05, 0) is 29.9 Å². The fraction of sp³-hybridized carbons (Fsp3) is 0.316. The van der Waals surface area contributed by atoms with Gasteiger partial charge in [-0.3, -0.25) is 4.79 Å². The Bertz CT molecular complexity index is 650. The summed E-state index contributed by atoms with van der Waals surface area (Å²) in [5.74, 6) is 0.734. The highest BCUT2D eigenvalue weighted by molar-refractivity contribution is 5.74. The van der Waals surface area contributed by atoms with Gasteiger partial charge in [0.05, 0.1) is 6.42 Å². The van der Waals surface area contributed by atoms with Crippen molar-refractivity contribution in [2.24, 2.45) is 5.92 Å². The quantitative estimate of drug-likeness (QED) is 0.775. The SMILES string of the molecule is O=C1C[C@@H]2C[C@H](c3ccccc3)C[C@]2(c2ccccc2)O1. The van der Waals surface area contributed by atoms with Gasteiger partial charge in [0.2, 0.25) is 0 Å². The predicted molar refractivity (Wildman–Crippen MR) is 80.7 cm³/mol. The first-order chi connectivity index (χ1) is 10.3. The van der Waals surface area contributed by atoms with Crippen molar-refractivity contribution in [2.75, 3.05) is 0 Å². The average molecular weight is 278 g/mol. The van der Waals surface area contributed by atoms with Gasteiger partial charge in [0.15, 0.2) is 0 Å². The monoisotopic (exact) mass is 278 g/mol. The topological polar surface area (TPSA) is 26.3 Å². The van der Waals surface area contributed by atoms with Crippen molar-refractivity contribution in [1.82, 2.24) is 0 Å². The zero-order valence-electron chi connectivity index (χ0n) is 11.9. The van der Waals surface area contributed by atoms with Gasteiger partial charge in [-0.25, -0.2) is 0 Å². The van der Waals surface area contributed by atoms with Crippen LogP contribution >= 0.6 is 0 Å². The number of carbonyl (C=O) groups is 1. The first kappa shape index (κ1) is 12.6. The molecule has 1 saturated carbocycles. The van der Waals surface area contributed by atoms with Gasteiger partial charge in [-0.1, -0.05) is 60.7 Å². The molecule has 106 valence electrons. The molecule has 4 rings (SSSR count). The molecule has 0 spiro atoms. The molecule has 0 N–H and O–H groups in total. The third-order valence-electron chi connectivity index (χ3n) is 5.02. The molecule has 0 amide bonds. The highest BCUT2D eigenvalue weighted by atomic mass is 16.6. The Hall–Kier alpha value is -2.09. The minimum absolute atomic E-state index is 0.0460. The molecule has 1 aliphatic heterocycles. The average Bonchev–Trinajstić information content (AvgIpc) is 3.03. The molecule has 21 heavy (non-hydrogen) atoms. The Balaban J connectivity index is 1.72. The van der Waals surface area contributed by atoms with Gasteiger partial charge >= 0.3 is 5.97 Å². The van der Waals surface area contributed by atoms with Crippen LogP contribution < -0.4 is 0 Å². The number of fused-ring (bicyclic) bond motifs is 1. The van der Waals surface area contributed by atoms with E-state index in [0.29, 0.717) is 18.3 Å². The maximum atomic E-state index is 11.9. The summed E-state index contributed by atoms with van der Waals surface area (Å²) in [6, 6.07) is 20.9. The Labute approximate surface area is 124 Å². The fourth-order valence-corrected chi connectivity index (χ4v) is 4.08. The molecule has 1 aliphatic carbocycles. The van der Waals surface area contributed by atoms with Crippen LogP contribution in [-0.2, 0) is 15.1 Å². The summed E-state index contributed by atoms with van der Waals surface area (Å²) in [6.45, 7) is 0. The highest BCUT2D eigenvalue weighted by Gasteiger charge is 2.56. The van der Waals surface area contributed by atoms with Crippen molar-refractivity contribution in [3.8, 4) is 0 Å². The van der Waals surface area contributed by atoms with Crippen molar-refractivity contribution in [2.45, 2.75) is 30.8 Å². The van der Waals surface area contributed by atoms with Gasteiger partial charge in [-0.15, -0.1) is 0 Å². The van der Waals surface area contributed by atoms with E-state index in [2.05, 4.69) is 36.4 Å². The van der Waals surface area contributed by atoms with Crippen molar-refractivity contribution in [1.29, 1.82) is 0 Å². The fourth-order valence-electron chi connectivity index (χ4n) is 4.08. The number of hydrogen-bond donors (Lipinski definition) is 0. The van der Waals surface area contributed by atoms with Crippen LogP contribution in [0.25, 0.3) is 0 Å². The van der Waals surface area contributed by atoms with E-state index >= 15 is 0 Å². The summed E-state index contributed by atoms with van der Waals surface area (Å²) in [5.41, 5.74) is 2.11. The Morgan fingerprint density at radius 1 is 0.952 bits per heavy atom. The van der Waals surface area contributed by atoms with Gasteiger partial charge in [0, 0.05) is 5.92 Å². The van der Waals surface area contributed by atoms with Crippen LogP contribution in [0.5, 0.6) is 0 Å². The minimum Gasteiger partial charge on any atom is -0.454 e. The number of benzene rings is 2. The molecule has 2 heteroatoms. The van der Waals surface area contributed by atoms with E-state index in [4.69, 9.17) is 4.74 Å². The Morgan fingerprint density at radius 3 is 2.33 bits per heavy atom. The van der Waals surface area contributed by atoms with Crippen molar-refractivity contribution < 1.29 is 9.53 Å². The summed E-state index contributed by atoms with van der Waals surface area (Å²) in [5, 5.41) is 0. The molecular formula is C19H18O2. The molecule has 0 bridgehead atoms. The first-order valence-corrected chi connectivity index (χ1v) is 7.60. The van der Waals surface area contributed by atoms with E-state index in [-0.39, 0.29) is 5.97 Å². The number of ether oxygens (including phenoxy) is 1. The minimum atomic E-state index is -0.404. The molecule has 0 radical (unpaired) electrons. The van der Waals surface area contributed by atoms with Crippen molar-refractivity contribution in [3.05, 3.63) is 71.8 Å². The molecule has 2 nitrogen and oxygen atoms in total. The molecule has 1 saturated heterocycles. The van der Waals surface area contributed by atoms with Gasteiger partial charge in [-0.2, -0.15) is 0 Å². The largest absolute Gasteiger partial charge is 0.454 e. The number of esters is 1. The number of rotatable bonds is 2. The predicted octanol–water partition coefficient (Wildman–Crippen LogP) is 4.02. The molecule has 1 heterocycles. The Kier molecular flexibility index (Phi) is 2.85. The third-order valence-corrected chi connectivity index (χ3v) is 5.02. The van der Waals surface area contributed by atoms with E-state index in [0.717, 1.165) is 18.4 Å². The number of hydrogen-bond acceptors (Lipinski definition) is 2. The van der Waals surface area contributed by atoms with Crippen LogP contribution in [0.2, 0.25) is 0 Å². The van der Waals surface area contributed by atoms with E-state index < -0.39 is 5.60 Å². The summed E-state index contributed by atoms with van der Waals surface area (Å²) < 4.78 is 5.87. The van der Waals surface area contributed by atoms with E-state index in [1.165, 1.54) is 5.56 Å². The molecule has 2 aliphatic rings. The van der Waals surface area contributed by atoms with Crippen LogP contribution in [0, 0.1) is 5.92 Å². The molecular weight excluding hydrogens is 260 g/mol. The lowest BCUT2D eigenvalue weighted by Gasteiger charge is -2.28. The van der Waals surface area contributed by atoms with E-state index in [1.807, 2.05) is 24.3 Å². The first-order valence-electron chi connectivity index (χ1n) is 7.60. The van der Waals surface area contributed by atoms with Crippen LogP contribution in [0.15, 0.2) is 60.7 Å². The number of carbonyl (C=O) groups excluding carboxylic acids is 1. The molecule has 0 unspecified atom stereocenters. The van der Waals surface area contributed by atoms with Crippen molar-refractivity contribution in [3.63, 3.8) is 0 Å². The maximum Gasteiger partial charge on any atom is 0.307 e. The van der Waals surface area contributed by atoms with Gasteiger partial charge in [0.1, 0.15) is 5.60 Å². The van der Waals surface area contributed by atoms with Crippen LogP contribution in [0.3, 0.4) is 0 Å². The summed E-state index contributed by atoms with van der Waals surface area (Å²) in [7, 11) is 0. The smallest absolute Gasteiger partial charge is 0.307 e. The van der Waals surface area contributed by atoms with Crippen molar-refractivity contribution >= 4 is 5.97 Å². The zero-order chi connectivity index (χ0) is 14.3. The van der Waals surface area contributed by atoms with Crippen LogP contribution in [0.4, 0.5) is 0 Å². The summed E-state index contributed by atoms with van der Waals surface area (Å²) >= 11 is 0. The second kappa shape index (κ2) is 4.73. The standard InChI is InChI=1S/C19H18O2/c20-18-12-17-11-15(14-7-3-1-4-8-14)13-19(17,21-18)16-9-5-2-6-10-16/h1-10,15,17H,11-13H2/t15-,17-,19+/m0/s1. The highest BCUT2D eigenvalue weighted by Crippen LogP contribution is 2.57. The zero-order valence-corrected chi connectivity index (χ0v) is 11.9. The molecule has 2 fully saturated rings.